The lowest BCUT2D eigenvalue weighted by atomic mass is 9.99. The van der Waals surface area contributed by atoms with Crippen molar-refractivity contribution in [3.63, 3.8) is 0 Å². The van der Waals surface area contributed by atoms with Crippen LogP contribution in [0, 0.1) is 0 Å². The molecule has 1 saturated heterocycles. The zero-order valence-electron chi connectivity index (χ0n) is 25.7. The van der Waals surface area contributed by atoms with E-state index in [-0.39, 0.29) is 13.2 Å². The number of rotatable bonds is 18. The Labute approximate surface area is 263 Å². The van der Waals surface area contributed by atoms with Crippen LogP contribution in [0.4, 0.5) is 0 Å². The fraction of sp³-hybridized carbons (Fsp3) is 0.545. The normalized spacial score (nSPS) is 21.5. The third kappa shape index (κ3) is 10.3. The van der Waals surface area contributed by atoms with Crippen LogP contribution in [0.5, 0.6) is 11.5 Å². The van der Waals surface area contributed by atoms with Crippen molar-refractivity contribution in [2.75, 3.05) is 19.8 Å². The SMILES string of the molecule is CCCCCCCCCCOc1ccc(C(=O)Oc2ccc(-c3cn(CCO[C@@H]4O[C@H](CO)[C@H](O)[C@H](O)[C@H]4O)nn3)cc2)cc1. The smallest absolute Gasteiger partial charge is 0.343 e. The number of unbranched alkanes of at least 4 members (excludes halogenated alkanes) is 7. The number of hydrogen-bond acceptors (Lipinski definition) is 11. The van der Waals surface area contributed by atoms with Gasteiger partial charge in [0.05, 0.1) is 38.1 Å². The largest absolute Gasteiger partial charge is 0.494 e. The minimum absolute atomic E-state index is 0.0622. The topological polar surface area (TPSA) is 166 Å². The molecule has 0 bridgehead atoms. The molecule has 1 aliphatic heterocycles. The first-order chi connectivity index (χ1) is 21.9. The minimum Gasteiger partial charge on any atom is -0.494 e. The van der Waals surface area contributed by atoms with Crippen molar-refractivity contribution in [3.05, 3.63) is 60.3 Å². The van der Waals surface area contributed by atoms with E-state index in [0.717, 1.165) is 24.2 Å². The summed E-state index contributed by atoms with van der Waals surface area (Å²) >= 11 is 0. The second kappa shape index (κ2) is 17.9. The monoisotopic (exact) mass is 627 g/mol. The highest BCUT2D eigenvalue weighted by molar-refractivity contribution is 5.91. The van der Waals surface area contributed by atoms with E-state index in [1.165, 1.54) is 43.2 Å². The van der Waals surface area contributed by atoms with Crippen LogP contribution in [-0.2, 0) is 16.0 Å². The molecule has 2 aromatic carbocycles. The van der Waals surface area contributed by atoms with E-state index in [4.69, 9.17) is 18.9 Å². The van der Waals surface area contributed by atoms with Crippen molar-refractivity contribution >= 4 is 5.97 Å². The van der Waals surface area contributed by atoms with Gasteiger partial charge in [-0.15, -0.1) is 5.10 Å². The number of nitrogens with zero attached hydrogens (tertiary/aromatic N) is 3. The second-order valence-corrected chi connectivity index (χ2v) is 11.2. The van der Waals surface area contributed by atoms with Gasteiger partial charge in [-0.2, -0.15) is 0 Å². The van der Waals surface area contributed by atoms with Gasteiger partial charge in [0.15, 0.2) is 6.29 Å². The molecule has 1 aliphatic rings. The molecule has 0 spiro atoms. The highest BCUT2D eigenvalue weighted by atomic mass is 16.7. The first-order valence-corrected chi connectivity index (χ1v) is 15.8. The molecule has 0 saturated carbocycles. The van der Waals surface area contributed by atoms with Gasteiger partial charge >= 0.3 is 5.97 Å². The molecule has 246 valence electrons. The van der Waals surface area contributed by atoms with Crippen LogP contribution in [0.25, 0.3) is 11.3 Å². The summed E-state index contributed by atoms with van der Waals surface area (Å²) in [4.78, 5) is 12.7. The third-order valence-corrected chi connectivity index (χ3v) is 7.71. The van der Waals surface area contributed by atoms with Gasteiger partial charge in [0.25, 0.3) is 0 Å². The molecule has 0 radical (unpaired) electrons. The summed E-state index contributed by atoms with van der Waals surface area (Å²) in [6.45, 7) is 2.69. The number of carbonyl (C=O) groups is 1. The van der Waals surface area contributed by atoms with Gasteiger partial charge < -0.3 is 39.4 Å². The fourth-order valence-electron chi connectivity index (χ4n) is 4.98. The van der Waals surface area contributed by atoms with Gasteiger partial charge in [-0.25, -0.2) is 9.48 Å². The average molecular weight is 628 g/mol. The first-order valence-electron chi connectivity index (χ1n) is 15.8. The summed E-state index contributed by atoms with van der Waals surface area (Å²) in [5, 5.41) is 47.4. The van der Waals surface area contributed by atoms with Crippen LogP contribution in [0.3, 0.4) is 0 Å². The predicted molar refractivity (Wildman–Crippen MR) is 165 cm³/mol. The summed E-state index contributed by atoms with van der Waals surface area (Å²) in [5.41, 5.74) is 1.77. The van der Waals surface area contributed by atoms with Crippen LogP contribution in [-0.4, -0.2) is 91.9 Å². The lowest BCUT2D eigenvalue weighted by Crippen LogP contribution is -2.59. The average Bonchev–Trinajstić information content (AvgIpc) is 3.53. The molecule has 0 amide bonds. The number of ether oxygens (including phenoxy) is 4. The highest BCUT2D eigenvalue weighted by Gasteiger charge is 2.43. The Morgan fingerprint density at radius 3 is 2.20 bits per heavy atom. The molecule has 2 heterocycles. The standard InChI is InChI=1S/C33H45N3O9/c1-2-3-4-5-6-7-8-9-19-42-25-14-12-24(13-15-25)32(41)44-26-16-10-23(11-17-26)27-21-36(35-34-27)18-20-43-33-31(40)30(39)29(38)28(22-37)45-33/h10-17,21,28-31,33,37-40H,2-9,18-20,22H2,1H3/t28-,29+,30+,31-,33-/m1/s1. The van der Waals surface area contributed by atoms with Crippen LogP contribution in [0.2, 0.25) is 0 Å². The number of aromatic nitrogens is 3. The Hall–Kier alpha value is -3.39. The van der Waals surface area contributed by atoms with E-state index in [1.54, 1.807) is 54.7 Å². The van der Waals surface area contributed by atoms with E-state index < -0.39 is 43.3 Å². The molecule has 0 aliphatic carbocycles. The fourth-order valence-corrected chi connectivity index (χ4v) is 4.98. The van der Waals surface area contributed by atoms with Crippen LogP contribution < -0.4 is 9.47 Å². The molecule has 5 atom stereocenters. The number of aliphatic hydroxyl groups excluding tert-OH is 4. The van der Waals surface area contributed by atoms with Gasteiger partial charge in [0, 0.05) is 5.56 Å². The summed E-state index contributed by atoms with van der Waals surface area (Å²) in [6, 6.07) is 13.8. The highest BCUT2D eigenvalue weighted by Crippen LogP contribution is 2.23. The Bertz CT molecular complexity index is 1280. The summed E-state index contributed by atoms with van der Waals surface area (Å²) in [6.07, 6.45) is 4.99. The summed E-state index contributed by atoms with van der Waals surface area (Å²) < 4.78 is 23.7. The Morgan fingerprint density at radius 1 is 0.844 bits per heavy atom. The number of hydrogen-bond donors (Lipinski definition) is 4. The first kappa shape index (κ1) is 34.5. The van der Waals surface area contributed by atoms with E-state index in [2.05, 4.69) is 17.2 Å². The molecular formula is C33H45N3O9. The van der Waals surface area contributed by atoms with Crippen molar-refractivity contribution in [1.82, 2.24) is 15.0 Å². The maximum atomic E-state index is 12.7. The van der Waals surface area contributed by atoms with E-state index in [1.807, 2.05) is 0 Å². The molecule has 4 N–H and O–H groups in total. The number of benzene rings is 2. The van der Waals surface area contributed by atoms with Crippen molar-refractivity contribution in [2.45, 2.75) is 95.5 Å². The predicted octanol–water partition coefficient (Wildman–Crippen LogP) is 3.50. The second-order valence-electron chi connectivity index (χ2n) is 11.2. The quantitative estimate of drug-likeness (QED) is 0.0926. The molecule has 12 nitrogen and oxygen atoms in total. The molecule has 1 aromatic heterocycles. The molecule has 12 heteroatoms. The Kier molecular flexibility index (Phi) is 13.7. The maximum Gasteiger partial charge on any atom is 0.343 e. The number of aliphatic hydroxyl groups is 4. The lowest BCUT2D eigenvalue weighted by molar-refractivity contribution is -0.301. The van der Waals surface area contributed by atoms with Crippen molar-refractivity contribution in [1.29, 1.82) is 0 Å². The van der Waals surface area contributed by atoms with Crippen LogP contribution >= 0.6 is 0 Å². The van der Waals surface area contributed by atoms with Crippen molar-refractivity contribution < 1.29 is 44.2 Å². The van der Waals surface area contributed by atoms with Gasteiger partial charge in [0.1, 0.15) is 41.6 Å². The van der Waals surface area contributed by atoms with Crippen molar-refractivity contribution in [2.24, 2.45) is 0 Å². The summed E-state index contributed by atoms with van der Waals surface area (Å²) in [5.74, 6) is 0.647. The number of carbonyl (C=O) groups excluding carboxylic acids is 1. The molecule has 1 fully saturated rings. The van der Waals surface area contributed by atoms with Gasteiger partial charge in [0.2, 0.25) is 0 Å². The van der Waals surface area contributed by atoms with E-state index >= 15 is 0 Å². The van der Waals surface area contributed by atoms with E-state index in [9.17, 15) is 25.2 Å². The zero-order valence-corrected chi connectivity index (χ0v) is 25.7. The Morgan fingerprint density at radius 2 is 1.51 bits per heavy atom. The molecular weight excluding hydrogens is 582 g/mol. The minimum atomic E-state index is -1.50. The third-order valence-electron chi connectivity index (χ3n) is 7.71. The molecule has 45 heavy (non-hydrogen) atoms. The van der Waals surface area contributed by atoms with Crippen LogP contribution in [0.15, 0.2) is 54.7 Å². The van der Waals surface area contributed by atoms with E-state index in [0.29, 0.717) is 23.6 Å². The number of esters is 1. The van der Waals surface area contributed by atoms with Crippen LogP contribution in [0.1, 0.15) is 68.6 Å². The molecule has 4 rings (SSSR count). The molecule has 0 unspecified atom stereocenters. The molecule has 3 aromatic rings. The van der Waals surface area contributed by atoms with Gasteiger partial charge in [-0.05, 0) is 55.0 Å². The van der Waals surface area contributed by atoms with Gasteiger partial charge in [-0.1, -0.05) is 57.1 Å². The lowest BCUT2D eigenvalue weighted by Gasteiger charge is -2.39. The van der Waals surface area contributed by atoms with Gasteiger partial charge in [-0.3, -0.25) is 0 Å². The maximum absolute atomic E-state index is 12.7. The van der Waals surface area contributed by atoms with Crippen molar-refractivity contribution in [3.8, 4) is 22.8 Å². The Balaban J connectivity index is 1.17. The summed E-state index contributed by atoms with van der Waals surface area (Å²) in [7, 11) is 0. The zero-order chi connectivity index (χ0) is 32.0.